The van der Waals surface area contributed by atoms with E-state index in [0.29, 0.717) is 0 Å². The molecule has 2 aliphatic rings. The second-order valence-corrected chi connectivity index (χ2v) is 6.56. The predicted octanol–water partition coefficient (Wildman–Crippen LogP) is 3.03. The van der Waals surface area contributed by atoms with Gasteiger partial charge >= 0.3 is 0 Å². The number of thioether (sulfide) groups is 1. The summed E-state index contributed by atoms with van der Waals surface area (Å²) in [6.07, 6.45) is 4.12. The molecule has 0 aliphatic carbocycles. The zero-order valence-electron chi connectivity index (χ0n) is 11.3. The molecule has 19 heavy (non-hydrogen) atoms. The van der Waals surface area contributed by atoms with E-state index in [9.17, 15) is 0 Å². The lowest BCUT2D eigenvalue weighted by atomic mass is 10.1. The van der Waals surface area contributed by atoms with Gasteiger partial charge in [-0.15, -0.1) is 24.2 Å². The Kier molecular flexibility index (Phi) is 6.02. The lowest BCUT2D eigenvalue weighted by Gasteiger charge is -2.23. The van der Waals surface area contributed by atoms with Gasteiger partial charge < -0.3 is 10.2 Å². The van der Waals surface area contributed by atoms with Crippen LogP contribution in [-0.4, -0.2) is 42.4 Å². The number of rotatable bonds is 4. The molecule has 2 aliphatic heterocycles. The van der Waals surface area contributed by atoms with E-state index in [1.807, 2.05) is 11.8 Å². The van der Waals surface area contributed by atoms with Gasteiger partial charge in [-0.3, -0.25) is 0 Å². The quantitative estimate of drug-likeness (QED) is 0.860. The van der Waals surface area contributed by atoms with Gasteiger partial charge in [0.05, 0.1) is 0 Å². The highest BCUT2D eigenvalue weighted by Crippen LogP contribution is 2.21. The van der Waals surface area contributed by atoms with Crippen LogP contribution < -0.4 is 5.32 Å². The molecule has 106 valence electrons. The van der Waals surface area contributed by atoms with Crippen molar-refractivity contribution >= 4 is 24.2 Å². The van der Waals surface area contributed by atoms with Crippen LogP contribution in [0, 0.1) is 0 Å². The van der Waals surface area contributed by atoms with Gasteiger partial charge in [0.25, 0.3) is 0 Å². The third kappa shape index (κ3) is 4.38. The number of benzene rings is 1. The van der Waals surface area contributed by atoms with E-state index in [1.54, 1.807) is 0 Å². The zero-order chi connectivity index (χ0) is 12.2. The molecule has 3 rings (SSSR count). The molecule has 1 N–H and O–H groups in total. The molecule has 0 amide bonds. The summed E-state index contributed by atoms with van der Waals surface area (Å²) in [5.41, 5.74) is 0. The maximum absolute atomic E-state index is 3.74. The van der Waals surface area contributed by atoms with Crippen LogP contribution in [0.3, 0.4) is 0 Å². The minimum Gasteiger partial charge on any atom is -0.310 e. The monoisotopic (exact) mass is 298 g/mol. The van der Waals surface area contributed by atoms with Gasteiger partial charge in [0.1, 0.15) is 0 Å². The Morgan fingerprint density at radius 3 is 2.74 bits per heavy atom. The Morgan fingerprint density at radius 1 is 1.11 bits per heavy atom. The Labute approximate surface area is 126 Å². The molecule has 2 atom stereocenters. The molecule has 0 radical (unpaired) electrons. The molecule has 2 heterocycles. The SMILES string of the molecule is Cl.c1ccc(SCCN2CCC3CCC(C2)N3)cc1. The molecule has 2 bridgehead atoms. The van der Waals surface area contributed by atoms with Crippen molar-refractivity contribution in [3.05, 3.63) is 30.3 Å². The summed E-state index contributed by atoms with van der Waals surface area (Å²) in [6, 6.07) is 12.3. The summed E-state index contributed by atoms with van der Waals surface area (Å²) in [5.74, 6) is 1.21. The summed E-state index contributed by atoms with van der Waals surface area (Å²) >= 11 is 1.98. The van der Waals surface area contributed by atoms with Crippen molar-refractivity contribution in [2.75, 3.05) is 25.4 Å². The van der Waals surface area contributed by atoms with Gasteiger partial charge in [-0.05, 0) is 37.9 Å². The third-order valence-electron chi connectivity index (χ3n) is 4.03. The van der Waals surface area contributed by atoms with Gasteiger partial charge in [-0.25, -0.2) is 0 Å². The van der Waals surface area contributed by atoms with Crippen molar-refractivity contribution in [2.45, 2.75) is 36.2 Å². The van der Waals surface area contributed by atoms with E-state index in [2.05, 4.69) is 40.5 Å². The molecule has 1 aromatic rings. The fourth-order valence-electron chi connectivity index (χ4n) is 3.03. The van der Waals surface area contributed by atoms with Crippen LogP contribution in [0.15, 0.2) is 35.2 Å². The Morgan fingerprint density at radius 2 is 1.89 bits per heavy atom. The molecule has 4 heteroatoms. The lowest BCUT2D eigenvalue weighted by molar-refractivity contribution is 0.274. The zero-order valence-corrected chi connectivity index (χ0v) is 12.9. The minimum atomic E-state index is 0. The first kappa shape index (κ1) is 15.2. The van der Waals surface area contributed by atoms with E-state index in [1.165, 1.54) is 49.5 Å². The van der Waals surface area contributed by atoms with Crippen LogP contribution in [0.1, 0.15) is 19.3 Å². The second-order valence-electron chi connectivity index (χ2n) is 5.39. The number of hydrogen-bond donors (Lipinski definition) is 1. The first-order valence-corrected chi connectivity index (χ1v) is 8.05. The number of halogens is 1. The summed E-state index contributed by atoms with van der Waals surface area (Å²) in [6.45, 7) is 3.76. The van der Waals surface area contributed by atoms with Crippen LogP contribution in [-0.2, 0) is 0 Å². The summed E-state index contributed by atoms with van der Waals surface area (Å²) in [4.78, 5) is 4.04. The molecule has 2 nitrogen and oxygen atoms in total. The number of likely N-dealkylation sites (tertiary alicyclic amines) is 1. The second kappa shape index (κ2) is 7.53. The normalized spacial score (nSPS) is 26.7. The van der Waals surface area contributed by atoms with Crippen LogP contribution >= 0.6 is 24.2 Å². The van der Waals surface area contributed by atoms with Crippen molar-refractivity contribution in [1.29, 1.82) is 0 Å². The number of hydrogen-bond acceptors (Lipinski definition) is 3. The summed E-state index contributed by atoms with van der Waals surface area (Å²) in [5, 5.41) is 3.74. The molecule has 2 saturated heterocycles. The Bertz CT molecular complexity index is 374. The van der Waals surface area contributed by atoms with Gasteiger partial charge in [-0.2, -0.15) is 0 Å². The molecular weight excluding hydrogens is 276 g/mol. The Hall–Kier alpha value is -0.220. The fourth-order valence-corrected chi connectivity index (χ4v) is 3.96. The van der Waals surface area contributed by atoms with Gasteiger partial charge in [0, 0.05) is 35.8 Å². The minimum absolute atomic E-state index is 0. The maximum atomic E-state index is 3.74. The highest BCUT2D eigenvalue weighted by atomic mass is 35.5. The van der Waals surface area contributed by atoms with E-state index in [4.69, 9.17) is 0 Å². The summed E-state index contributed by atoms with van der Waals surface area (Å²) in [7, 11) is 0. The maximum Gasteiger partial charge on any atom is 0.0198 e. The van der Waals surface area contributed by atoms with Crippen LogP contribution in [0.4, 0.5) is 0 Å². The van der Waals surface area contributed by atoms with Crippen molar-refractivity contribution < 1.29 is 0 Å². The van der Waals surface area contributed by atoms with E-state index >= 15 is 0 Å². The molecule has 1 aromatic carbocycles. The third-order valence-corrected chi connectivity index (χ3v) is 5.02. The smallest absolute Gasteiger partial charge is 0.0198 e. The predicted molar refractivity (Wildman–Crippen MR) is 85.4 cm³/mol. The summed E-state index contributed by atoms with van der Waals surface area (Å²) < 4.78 is 0. The highest BCUT2D eigenvalue weighted by Gasteiger charge is 2.28. The topological polar surface area (TPSA) is 15.3 Å². The van der Waals surface area contributed by atoms with E-state index in [0.717, 1.165) is 12.1 Å². The molecule has 0 aromatic heterocycles. The van der Waals surface area contributed by atoms with Gasteiger partial charge in [0.2, 0.25) is 0 Å². The average molecular weight is 299 g/mol. The molecule has 2 unspecified atom stereocenters. The van der Waals surface area contributed by atoms with Crippen molar-refractivity contribution in [2.24, 2.45) is 0 Å². The van der Waals surface area contributed by atoms with Crippen molar-refractivity contribution in [3.63, 3.8) is 0 Å². The molecule has 2 fully saturated rings. The number of fused-ring (bicyclic) bond motifs is 2. The van der Waals surface area contributed by atoms with Crippen LogP contribution in [0.5, 0.6) is 0 Å². The number of nitrogens with zero attached hydrogens (tertiary/aromatic N) is 1. The van der Waals surface area contributed by atoms with Gasteiger partial charge in [-0.1, -0.05) is 18.2 Å². The van der Waals surface area contributed by atoms with Gasteiger partial charge in [0.15, 0.2) is 0 Å². The molecule has 0 spiro atoms. The standard InChI is InChI=1S/C15H22N2S.ClH/c1-2-4-15(5-3-1)18-11-10-17-9-8-13-6-7-14(12-17)16-13;/h1-5,13-14,16H,6-12H2;1H. The van der Waals surface area contributed by atoms with E-state index < -0.39 is 0 Å². The number of nitrogens with one attached hydrogen (secondary N) is 1. The van der Waals surface area contributed by atoms with Crippen molar-refractivity contribution in [1.82, 2.24) is 10.2 Å². The van der Waals surface area contributed by atoms with Crippen molar-refractivity contribution in [3.8, 4) is 0 Å². The first-order chi connectivity index (χ1) is 8.90. The largest absolute Gasteiger partial charge is 0.310 e. The molecule has 0 saturated carbocycles. The fraction of sp³-hybridized carbons (Fsp3) is 0.600. The Balaban J connectivity index is 0.00000133. The highest BCUT2D eigenvalue weighted by molar-refractivity contribution is 7.99. The lowest BCUT2D eigenvalue weighted by Crippen LogP contribution is -2.36. The molecular formula is C15H23ClN2S. The van der Waals surface area contributed by atoms with Crippen LogP contribution in [0.25, 0.3) is 0 Å². The average Bonchev–Trinajstić information content (AvgIpc) is 2.73. The van der Waals surface area contributed by atoms with Crippen LogP contribution in [0.2, 0.25) is 0 Å². The first-order valence-electron chi connectivity index (χ1n) is 7.06. The van der Waals surface area contributed by atoms with E-state index in [-0.39, 0.29) is 12.4 Å².